The second-order valence-electron chi connectivity index (χ2n) is 10.3. The van der Waals surface area contributed by atoms with Crippen molar-refractivity contribution in [2.24, 2.45) is 5.73 Å². The fourth-order valence-electron chi connectivity index (χ4n) is 3.80. The molecule has 0 atom stereocenters. The molecule has 0 unspecified atom stereocenters. The van der Waals surface area contributed by atoms with Gasteiger partial charge in [-0.05, 0) is 6.07 Å². The molecule has 0 radical (unpaired) electrons. The van der Waals surface area contributed by atoms with Gasteiger partial charge in [0.1, 0.15) is 5.69 Å². The van der Waals surface area contributed by atoms with E-state index in [1.807, 2.05) is 0 Å². The van der Waals surface area contributed by atoms with E-state index in [1.54, 1.807) is 0 Å². The summed E-state index contributed by atoms with van der Waals surface area (Å²) in [5.41, 5.74) is 4.80. The molecule has 0 aliphatic heterocycles. The first-order valence-electron chi connectivity index (χ1n) is 17.4. The average Bonchev–Trinajstić information content (AvgIpc) is 3.14. The Balaban J connectivity index is 1.70. The zero-order chi connectivity index (χ0) is 37.6. The number of anilines is 1. The largest absolute Gasteiger partial charge is 0.378 e. The van der Waals surface area contributed by atoms with Gasteiger partial charge in [0, 0.05) is 19.2 Å². The van der Waals surface area contributed by atoms with Gasteiger partial charge in [-0.15, -0.1) is 0 Å². The van der Waals surface area contributed by atoms with Crippen LogP contribution in [0, 0.1) is 20.2 Å². The maximum Gasteiger partial charge on any atom is 0.299 e. The van der Waals surface area contributed by atoms with Crippen molar-refractivity contribution < 1.29 is 66.7 Å². The summed E-state index contributed by atoms with van der Waals surface area (Å²) in [7, 11) is 0. The first kappa shape index (κ1) is 47.3. The average molecular weight is 755 g/mol. The van der Waals surface area contributed by atoms with E-state index in [4.69, 9.17) is 62.6 Å². The summed E-state index contributed by atoms with van der Waals surface area (Å²) < 4.78 is 65.0. The quantitative estimate of drug-likeness (QED) is 0.0540. The predicted molar refractivity (Wildman–Crippen MR) is 187 cm³/mol. The molecule has 1 aromatic rings. The SMILES string of the molecule is NCCOCCOCCOCCOCCOCCOCCOCCOCCOCCOCCOCCOCCNc1ccc([N+](=O)[O-])cc1[N+](=O)[O-]. The Morgan fingerprint density at radius 2 is 0.731 bits per heavy atom. The number of nitrogens with two attached hydrogens (primary N) is 1. The minimum absolute atomic E-state index is 0.184. The second-order valence-corrected chi connectivity index (χ2v) is 10.3. The molecule has 302 valence electrons. The third-order valence-electron chi connectivity index (χ3n) is 6.30. The molecule has 20 nitrogen and oxygen atoms in total. The lowest BCUT2D eigenvalue weighted by Gasteiger charge is -2.09. The molecule has 3 N–H and O–H groups in total. The molecule has 52 heavy (non-hydrogen) atoms. The van der Waals surface area contributed by atoms with Crippen molar-refractivity contribution in [2.45, 2.75) is 0 Å². The van der Waals surface area contributed by atoms with Crippen LogP contribution in [-0.2, 0) is 56.8 Å². The van der Waals surface area contributed by atoms with E-state index < -0.39 is 9.85 Å². The zero-order valence-corrected chi connectivity index (χ0v) is 30.1. The van der Waals surface area contributed by atoms with Gasteiger partial charge in [-0.25, -0.2) is 0 Å². The maximum atomic E-state index is 11.1. The molecule has 0 spiro atoms. The summed E-state index contributed by atoms with van der Waals surface area (Å²) in [5.74, 6) is 0. The monoisotopic (exact) mass is 754 g/mol. The van der Waals surface area contributed by atoms with Gasteiger partial charge < -0.3 is 67.9 Å². The van der Waals surface area contributed by atoms with Crippen LogP contribution < -0.4 is 11.1 Å². The number of nitro groups is 2. The van der Waals surface area contributed by atoms with Crippen LogP contribution in [0.5, 0.6) is 0 Å². The molecular weight excluding hydrogens is 696 g/mol. The molecule has 20 heteroatoms. The minimum Gasteiger partial charge on any atom is -0.378 e. The summed E-state index contributed by atoms with van der Waals surface area (Å²) in [5, 5.41) is 24.8. The van der Waals surface area contributed by atoms with Gasteiger partial charge in [0.05, 0.1) is 174 Å². The Morgan fingerprint density at radius 3 is 1.00 bits per heavy atom. The standard InChI is InChI=1S/C32H58N4O16/c33-3-5-41-7-9-43-11-13-45-15-17-47-19-21-49-23-25-51-27-28-52-26-24-50-22-20-48-18-16-46-14-12-44-10-8-42-6-4-34-31-2-1-30(35(37)38)29-32(31)36(39)40/h1-2,29,34H,3-28,33H2. The van der Waals surface area contributed by atoms with Crippen LogP contribution in [-0.4, -0.2) is 182 Å². The molecule has 0 amide bonds. The van der Waals surface area contributed by atoms with Crippen molar-refractivity contribution in [3.63, 3.8) is 0 Å². The molecule has 0 fully saturated rings. The van der Waals surface area contributed by atoms with Gasteiger partial charge in [0.15, 0.2) is 0 Å². The van der Waals surface area contributed by atoms with E-state index in [9.17, 15) is 20.2 Å². The fraction of sp³-hybridized carbons (Fsp3) is 0.812. The first-order valence-corrected chi connectivity index (χ1v) is 17.4. The Morgan fingerprint density at radius 1 is 0.442 bits per heavy atom. The summed E-state index contributed by atoms with van der Waals surface area (Å²) in [6.07, 6.45) is 0. The lowest BCUT2D eigenvalue weighted by atomic mass is 10.2. The topological polar surface area (TPSA) is 235 Å². The van der Waals surface area contributed by atoms with E-state index in [1.165, 1.54) is 12.1 Å². The van der Waals surface area contributed by atoms with Crippen molar-refractivity contribution >= 4 is 17.1 Å². The number of non-ortho nitro benzene ring substituents is 1. The van der Waals surface area contributed by atoms with Crippen LogP contribution in [0.2, 0.25) is 0 Å². The van der Waals surface area contributed by atoms with Gasteiger partial charge in [-0.3, -0.25) is 20.2 Å². The zero-order valence-electron chi connectivity index (χ0n) is 30.1. The first-order chi connectivity index (χ1) is 25.6. The molecular formula is C32H58N4O16. The van der Waals surface area contributed by atoms with Gasteiger partial charge >= 0.3 is 0 Å². The fourth-order valence-corrected chi connectivity index (χ4v) is 3.80. The number of hydrogen-bond acceptors (Lipinski definition) is 18. The molecule has 1 rings (SSSR count). The maximum absolute atomic E-state index is 11.1. The Bertz CT molecular complexity index is 984. The van der Waals surface area contributed by atoms with E-state index >= 15 is 0 Å². The van der Waals surface area contributed by atoms with Gasteiger partial charge in [-0.2, -0.15) is 0 Å². The molecule has 0 aliphatic rings. The van der Waals surface area contributed by atoms with Gasteiger partial charge in [-0.1, -0.05) is 0 Å². The third-order valence-corrected chi connectivity index (χ3v) is 6.30. The molecule has 0 heterocycles. The lowest BCUT2D eigenvalue weighted by molar-refractivity contribution is -0.393. The van der Waals surface area contributed by atoms with Crippen LogP contribution >= 0.6 is 0 Å². The number of ether oxygens (including phenoxy) is 12. The van der Waals surface area contributed by atoms with Gasteiger partial charge in [0.25, 0.3) is 11.4 Å². The highest BCUT2D eigenvalue weighted by molar-refractivity contribution is 5.65. The smallest absolute Gasteiger partial charge is 0.299 e. The highest BCUT2D eigenvalue weighted by atomic mass is 16.6. The van der Waals surface area contributed by atoms with E-state index in [0.717, 1.165) is 6.07 Å². The summed E-state index contributed by atoms with van der Waals surface area (Å²) in [4.78, 5) is 20.6. The number of nitrogens with one attached hydrogen (secondary N) is 1. The Kier molecular flexibility index (Phi) is 33.4. The minimum atomic E-state index is -0.682. The van der Waals surface area contributed by atoms with Gasteiger partial charge in [0.2, 0.25) is 0 Å². The molecule has 0 aliphatic carbocycles. The highest BCUT2D eigenvalue weighted by Gasteiger charge is 2.19. The normalized spacial score (nSPS) is 11.3. The highest BCUT2D eigenvalue weighted by Crippen LogP contribution is 2.28. The van der Waals surface area contributed by atoms with Crippen molar-refractivity contribution in [1.29, 1.82) is 0 Å². The summed E-state index contributed by atoms with van der Waals surface area (Å²) in [6.45, 7) is 11.9. The third kappa shape index (κ3) is 29.8. The van der Waals surface area contributed by atoms with Crippen LogP contribution in [0.25, 0.3) is 0 Å². The number of nitrogens with zero attached hydrogens (tertiary/aromatic N) is 2. The molecule has 0 aromatic heterocycles. The molecule has 0 saturated carbocycles. The van der Waals surface area contributed by atoms with Crippen molar-refractivity contribution in [2.75, 3.05) is 177 Å². The number of nitro benzene ring substituents is 2. The number of rotatable bonds is 41. The molecule has 0 saturated heterocycles. The van der Waals surface area contributed by atoms with Crippen molar-refractivity contribution in [1.82, 2.24) is 0 Å². The second kappa shape index (κ2) is 36.6. The summed E-state index contributed by atoms with van der Waals surface area (Å²) in [6, 6.07) is 3.42. The predicted octanol–water partition coefficient (Wildman–Crippen LogP) is 1.07. The van der Waals surface area contributed by atoms with Crippen LogP contribution in [0.4, 0.5) is 17.1 Å². The Hall–Kier alpha value is -2.70. The number of hydrogen-bond donors (Lipinski definition) is 2. The van der Waals surface area contributed by atoms with Crippen LogP contribution in [0.1, 0.15) is 0 Å². The molecule has 0 bridgehead atoms. The summed E-state index contributed by atoms with van der Waals surface area (Å²) >= 11 is 0. The van der Waals surface area contributed by atoms with Crippen molar-refractivity contribution in [3.05, 3.63) is 38.4 Å². The molecule has 1 aromatic carbocycles. The van der Waals surface area contributed by atoms with Crippen molar-refractivity contribution in [3.8, 4) is 0 Å². The van der Waals surface area contributed by atoms with E-state index in [0.29, 0.717) is 159 Å². The Labute approximate surface area is 304 Å². The van der Waals surface area contributed by atoms with Crippen LogP contribution in [0.3, 0.4) is 0 Å². The van der Waals surface area contributed by atoms with E-state index in [2.05, 4.69) is 5.32 Å². The lowest BCUT2D eigenvalue weighted by Crippen LogP contribution is -2.16. The van der Waals surface area contributed by atoms with Crippen LogP contribution in [0.15, 0.2) is 18.2 Å². The van der Waals surface area contributed by atoms with E-state index in [-0.39, 0.29) is 30.2 Å². The number of benzene rings is 1.